The van der Waals surface area contributed by atoms with Crippen molar-refractivity contribution in [3.05, 3.63) is 5.01 Å². The van der Waals surface area contributed by atoms with E-state index in [-0.39, 0.29) is 18.4 Å². The van der Waals surface area contributed by atoms with Crippen LogP contribution < -0.4 is 5.32 Å². The number of nitrogens with one attached hydrogen (secondary N) is 1. The van der Waals surface area contributed by atoms with Crippen LogP contribution >= 0.6 is 11.3 Å². The van der Waals surface area contributed by atoms with Gasteiger partial charge in [0.15, 0.2) is 0 Å². The Bertz CT molecular complexity index is 498. The number of carbonyl (C=O) groups excluding carboxylic acids is 1. The fraction of sp³-hybridized carbons (Fsp3) is 0.667. The summed E-state index contributed by atoms with van der Waals surface area (Å²) in [4.78, 5) is 13.9. The van der Waals surface area contributed by atoms with E-state index >= 15 is 0 Å². The fourth-order valence-electron chi connectivity index (χ4n) is 2.15. The second kappa shape index (κ2) is 7.28. The van der Waals surface area contributed by atoms with Crippen molar-refractivity contribution in [2.45, 2.75) is 19.4 Å². The van der Waals surface area contributed by atoms with Gasteiger partial charge in [-0.2, -0.15) is 5.26 Å². The lowest BCUT2D eigenvalue weighted by molar-refractivity contribution is -0.117. The van der Waals surface area contributed by atoms with Gasteiger partial charge in [-0.15, -0.1) is 10.2 Å². The van der Waals surface area contributed by atoms with Crippen molar-refractivity contribution in [2.75, 3.05) is 32.1 Å². The molecule has 1 fully saturated rings. The van der Waals surface area contributed by atoms with Gasteiger partial charge in [0.05, 0.1) is 18.5 Å². The molecule has 20 heavy (non-hydrogen) atoms. The molecule has 2 rings (SSSR count). The Kier molecular flexibility index (Phi) is 5.40. The Balaban J connectivity index is 1.81. The van der Waals surface area contributed by atoms with E-state index in [0.29, 0.717) is 18.3 Å². The van der Waals surface area contributed by atoms with E-state index in [0.717, 1.165) is 24.4 Å². The van der Waals surface area contributed by atoms with E-state index in [1.54, 1.807) is 7.11 Å². The summed E-state index contributed by atoms with van der Waals surface area (Å²) in [6.07, 6.45) is 1.88. The maximum atomic E-state index is 11.9. The van der Waals surface area contributed by atoms with Crippen LogP contribution in [0.1, 0.15) is 17.8 Å². The topological polar surface area (TPSA) is 91.1 Å². The molecule has 7 nitrogen and oxygen atoms in total. The molecule has 0 spiro atoms. The Morgan fingerprint density at radius 3 is 3.25 bits per heavy atom. The molecular weight excluding hydrogens is 278 g/mol. The molecule has 0 bridgehead atoms. The largest absolute Gasteiger partial charge is 0.377 e. The van der Waals surface area contributed by atoms with Gasteiger partial charge < -0.3 is 4.74 Å². The van der Waals surface area contributed by atoms with Crippen LogP contribution in [0.5, 0.6) is 0 Å². The second-order valence-corrected chi connectivity index (χ2v) is 5.75. The first-order valence-electron chi connectivity index (χ1n) is 6.44. The molecule has 0 aliphatic carbocycles. The van der Waals surface area contributed by atoms with Crippen LogP contribution in [0.2, 0.25) is 0 Å². The standard InChI is InChI=1S/C12H17N5O2S/c1-19-8-11-15-16-12(20-11)14-10(18)7-17-4-2-3-9(5-13)6-17/h9H,2-4,6-8H2,1H3,(H,14,16,18). The minimum Gasteiger partial charge on any atom is -0.377 e. The smallest absolute Gasteiger partial charge is 0.240 e. The molecule has 0 saturated carbocycles. The van der Waals surface area contributed by atoms with Crippen LogP contribution in [0.25, 0.3) is 0 Å². The molecule has 2 heterocycles. The van der Waals surface area contributed by atoms with Crippen LogP contribution in [-0.4, -0.2) is 47.7 Å². The molecule has 1 unspecified atom stereocenters. The van der Waals surface area contributed by atoms with E-state index in [2.05, 4.69) is 21.6 Å². The minimum absolute atomic E-state index is 0.0337. The van der Waals surface area contributed by atoms with Crippen LogP contribution in [0, 0.1) is 17.2 Å². The molecule has 1 aromatic heterocycles. The van der Waals surface area contributed by atoms with E-state index in [4.69, 9.17) is 10.00 Å². The number of carbonyl (C=O) groups is 1. The summed E-state index contributed by atoms with van der Waals surface area (Å²) in [5, 5.41) is 20.6. The fourth-order valence-corrected chi connectivity index (χ4v) is 2.88. The number of ether oxygens (including phenoxy) is 1. The van der Waals surface area contributed by atoms with Gasteiger partial charge in [-0.25, -0.2) is 0 Å². The molecule has 108 valence electrons. The minimum atomic E-state index is -0.122. The number of piperidine rings is 1. The number of likely N-dealkylation sites (tertiary alicyclic amines) is 1. The number of aromatic nitrogens is 2. The highest BCUT2D eigenvalue weighted by atomic mass is 32.1. The molecular formula is C12H17N5O2S. The third-order valence-electron chi connectivity index (χ3n) is 3.04. The average Bonchev–Trinajstić information content (AvgIpc) is 2.86. The predicted molar refractivity (Wildman–Crippen MR) is 74.0 cm³/mol. The maximum absolute atomic E-state index is 11.9. The summed E-state index contributed by atoms with van der Waals surface area (Å²) in [7, 11) is 1.58. The van der Waals surface area contributed by atoms with Gasteiger partial charge in [0, 0.05) is 13.7 Å². The molecule has 0 radical (unpaired) electrons. The van der Waals surface area contributed by atoms with Gasteiger partial charge in [-0.3, -0.25) is 15.0 Å². The number of anilines is 1. The maximum Gasteiger partial charge on any atom is 0.240 e. The molecule has 1 saturated heterocycles. The van der Waals surface area contributed by atoms with Crippen LogP contribution in [0.4, 0.5) is 5.13 Å². The van der Waals surface area contributed by atoms with Gasteiger partial charge in [-0.1, -0.05) is 11.3 Å². The van der Waals surface area contributed by atoms with E-state index in [1.165, 1.54) is 11.3 Å². The number of hydrogen-bond acceptors (Lipinski definition) is 7. The normalized spacial score (nSPS) is 19.5. The average molecular weight is 295 g/mol. The highest BCUT2D eigenvalue weighted by Gasteiger charge is 2.21. The SMILES string of the molecule is COCc1nnc(NC(=O)CN2CCCC(C#N)C2)s1. The first kappa shape index (κ1) is 14.8. The van der Waals surface area contributed by atoms with Crippen molar-refractivity contribution in [3.8, 4) is 6.07 Å². The molecule has 1 N–H and O–H groups in total. The lowest BCUT2D eigenvalue weighted by Crippen LogP contribution is -2.40. The summed E-state index contributed by atoms with van der Waals surface area (Å²) < 4.78 is 4.95. The first-order chi connectivity index (χ1) is 9.71. The number of nitrogens with zero attached hydrogens (tertiary/aromatic N) is 4. The Hall–Kier alpha value is -1.56. The van der Waals surface area contributed by atoms with Gasteiger partial charge in [-0.05, 0) is 19.4 Å². The lowest BCUT2D eigenvalue weighted by atomic mass is 10.00. The first-order valence-corrected chi connectivity index (χ1v) is 7.26. The van der Waals surface area contributed by atoms with Crippen molar-refractivity contribution in [1.29, 1.82) is 5.26 Å². The molecule has 8 heteroatoms. The molecule has 1 aromatic rings. The zero-order chi connectivity index (χ0) is 14.4. The van der Waals surface area contributed by atoms with Gasteiger partial charge in [0.1, 0.15) is 11.6 Å². The van der Waals surface area contributed by atoms with E-state index in [1.807, 2.05) is 4.90 Å². The van der Waals surface area contributed by atoms with Crippen LogP contribution in [-0.2, 0) is 16.1 Å². The highest BCUT2D eigenvalue weighted by Crippen LogP contribution is 2.17. The zero-order valence-corrected chi connectivity index (χ0v) is 12.2. The van der Waals surface area contributed by atoms with Crippen LogP contribution in [0.3, 0.4) is 0 Å². The van der Waals surface area contributed by atoms with Gasteiger partial charge >= 0.3 is 0 Å². The van der Waals surface area contributed by atoms with Crippen molar-refractivity contribution >= 4 is 22.4 Å². The molecule has 1 atom stereocenters. The Labute approximate surface area is 121 Å². The van der Waals surface area contributed by atoms with Crippen LogP contribution in [0.15, 0.2) is 0 Å². The third-order valence-corrected chi connectivity index (χ3v) is 3.85. The number of amides is 1. The molecule has 0 aromatic carbocycles. The van der Waals surface area contributed by atoms with Crippen molar-refractivity contribution in [2.24, 2.45) is 5.92 Å². The number of rotatable bonds is 5. The highest BCUT2D eigenvalue weighted by molar-refractivity contribution is 7.15. The summed E-state index contributed by atoms with van der Waals surface area (Å²) >= 11 is 1.30. The number of methoxy groups -OCH3 is 1. The van der Waals surface area contributed by atoms with E-state index in [9.17, 15) is 4.79 Å². The monoisotopic (exact) mass is 295 g/mol. The third kappa shape index (κ3) is 4.23. The van der Waals surface area contributed by atoms with Crippen molar-refractivity contribution in [3.63, 3.8) is 0 Å². The molecule has 1 amide bonds. The summed E-state index contributed by atoms with van der Waals surface area (Å²) in [6, 6.07) is 2.27. The van der Waals surface area contributed by atoms with E-state index < -0.39 is 0 Å². The van der Waals surface area contributed by atoms with Gasteiger partial charge in [0.25, 0.3) is 0 Å². The summed E-state index contributed by atoms with van der Waals surface area (Å²) in [5.41, 5.74) is 0. The second-order valence-electron chi connectivity index (χ2n) is 4.69. The number of nitriles is 1. The quantitative estimate of drug-likeness (QED) is 0.866. The van der Waals surface area contributed by atoms with Gasteiger partial charge in [0.2, 0.25) is 11.0 Å². The summed E-state index contributed by atoms with van der Waals surface area (Å²) in [6.45, 7) is 2.20. The Morgan fingerprint density at radius 2 is 2.50 bits per heavy atom. The number of hydrogen-bond donors (Lipinski definition) is 1. The molecule has 1 aliphatic heterocycles. The molecule has 1 aliphatic rings. The van der Waals surface area contributed by atoms with Crippen molar-refractivity contribution in [1.82, 2.24) is 15.1 Å². The predicted octanol–water partition coefficient (Wildman–Crippen LogP) is 0.859. The van der Waals surface area contributed by atoms with Crippen molar-refractivity contribution < 1.29 is 9.53 Å². The Morgan fingerprint density at radius 1 is 1.65 bits per heavy atom. The zero-order valence-electron chi connectivity index (χ0n) is 11.3. The lowest BCUT2D eigenvalue weighted by Gasteiger charge is -2.28. The summed E-state index contributed by atoms with van der Waals surface area (Å²) in [5.74, 6) is -0.0879.